The van der Waals surface area contributed by atoms with Gasteiger partial charge in [-0.2, -0.15) is 0 Å². The van der Waals surface area contributed by atoms with E-state index in [0.717, 1.165) is 17.1 Å². The Morgan fingerprint density at radius 2 is 1.74 bits per heavy atom. The summed E-state index contributed by atoms with van der Waals surface area (Å²) in [6, 6.07) is 17.2. The van der Waals surface area contributed by atoms with Crippen molar-refractivity contribution in [3.8, 4) is 5.75 Å². The summed E-state index contributed by atoms with van der Waals surface area (Å²) >= 11 is 0. The molecule has 0 atom stereocenters. The minimum Gasteiger partial charge on any atom is -0.495 e. The Morgan fingerprint density at radius 1 is 1.00 bits per heavy atom. The summed E-state index contributed by atoms with van der Waals surface area (Å²) in [6.45, 7) is 4.28. The molecule has 2 N–H and O–H groups in total. The fraction of sp³-hybridized carbons (Fsp3) is 0.182. The van der Waals surface area contributed by atoms with Crippen LogP contribution in [0.25, 0.3) is 0 Å². The zero-order valence-electron chi connectivity index (χ0n) is 15.7. The van der Waals surface area contributed by atoms with E-state index in [1.807, 2.05) is 48.5 Å². The number of carbonyl (C=O) groups excluding carboxylic acids is 1. The van der Waals surface area contributed by atoms with Gasteiger partial charge in [-0.25, -0.2) is 0 Å². The molecule has 0 radical (unpaired) electrons. The molecule has 3 aromatic rings. The summed E-state index contributed by atoms with van der Waals surface area (Å²) in [5.74, 6) is 0.970. The number of methoxy groups -OCH3 is 1. The second-order valence-corrected chi connectivity index (χ2v) is 6.52. The van der Waals surface area contributed by atoms with Crippen molar-refractivity contribution in [3.05, 3.63) is 78.1 Å². The lowest BCUT2D eigenvalue weighted by Crippen LogP contribution is -2.12. The van der Waals surface area contributed by atoms with Crippen LogP contribution in [0, 0.1) is 0 Å². The van der Waals surface area contributed by atoms with Crippen molar-refractivity contribution in [2.24, 2.45) is 0 Å². The molecule has 5 nitrogen and oxygen atoms in total. The summed E-state index contributed by atoms with van der Waals surface area (Å²) in [7, 11) is 1.62. The molecule has 0 saturated heterocycles. The molecule has 2 aromatic carbocycles. The first kappa shape index (κ1) is 18.5. The number of amides is 1. The molecule has 1 amide bonds. The topological polar surface area (TPSA) is 63.2 Å². The highest BCUT2D eigenvalue weighted by Gasteiger charge is 2.09. The summed E-state index contributed by atoms with van der Waals surface area (Å²) in [5.41, 5.74) is 3.99. The van der Waals surface area contributed by atoms with Crippen molar-refractivity contribution in [2.75, 3.05) is 17.7 Å². The van der Waals surface area contributed by atoms with Crippen LogP contribution in [0.3, 0.4) is 0 Å². The van der Waals surface area contributed by atoms with Crippen molar-refractivity contribution < 1.29 is 9.53 Å². The number of hydrogen-bond donors (Lipinski definition) is 2. The SMILES string of the molecule is COc1ccccc1Nc1cncc(C(=O)Nc2ccc(C(C)C)cc2)c1. The highest BCUT2D eigenvalue weighted by atomic mass is 16.5. The van der Waals surface area contributed by atoms with Crippen LogP contribution >= 0.6 is 0 Å². The summed E-state index contributed by atoms with van der Waals surface area (Å²) in [6.07, 6.45) is 3.21. The van der Waals surface area contributed by atoms with E-state index in [9.17, 15) is 4.79 Å². The van der Waals surface area contributed by atoms with Crippen LogP contribution in [-0.2, 0) is 0 Å². The number of para-hydroxylation sites is 2. The minimum absolute atomic E-state index is 0.205. The Balaban J connectivity index is 1.73. The predicted octanol–water partition coefficient (Wildman–Crippen LogP) is 5.21. The standard InChI is InChI=1S/C22H23N3O2/c1-15(2)16-8-10-18(11-9-16)25-22(26)17-12-19(14-23-13-17)24-20-6-4-5-7-21(20)27-3/h4-15,24H,1-3H3,(H,25,26). The van der Waals surface area contributed by atoms with Gasteiger partial charge < -0.3 is 15.4 Å². The normalized spacial score (nSPS) is 10.5. The van der Waals surface area contributed by atoms with Crippen molar-refractivity contribution in [1.29, 1.82) is 0 Å². The number of nitrogens with zero attached hydrogens (tertiary/aromatic N) is 1. The minimum atomic E-state index is -0.205. The quantitative estimate of drug-likeness (QED) is 0.633. The lowest BCUT2D eigenvalue weighted by Gasteiger charge is -2.12. The number of benzene rings is 2. The maximum absolute atomic E-state index is 12.6. The van der Waals surface area contributed by atoms with E-state index in [0.29, 0.717) is 17.2 Å². The van der Waals surface area contributed by atoms with Gasteiger partial charge in [-0.05, 0) is 41.8 Å². The first-order chi connectivity index (χ1) is 13.1. The van der Waals surface area contributed by atoms with Crippen LogP contribution < -0.4 is 15.4 Å². The van der Waals surface area contributed by atoms with Gasteiger partial charge in [0.2, 0.25) is 0 Å². The number of aromatic nitrogens is 1. The number of pyridine rings is 1. The van der Waals surface area contributed by atoms with Crippen LogP contribution in [-0.4, -0.2) is 18.0 Å². The molecular weight excluding hydrogens is 338 g/mol. The lowest BCUT2D eigenvalue weighted by molar-refractivity contribution is 0.102. The molecular formula is C22H23N3O2. The van der Waals surface area contributed by atoms with E-state index < -0.39 is 0 Å². The molecule has 5 heteroatoms. The van der Waals surface area contributed by atoms with Gasteiger partial charge in [0.15, 0.2) is 0 Å². The Labute approximate surface area is 159 Å². The van der Waals surface area contributed by atoms with Crippen molar-refractivity contribution in [3.63, 3.8) is 0 Å². The Morgan fingerprint density at radius 3 is 2.44 bits per heavy atom. The van der Waals surface area contributed by atoms with Gasteiger partial charge in [0.25, 0.3) is 5.91 Å². The third kappa shape index (κ3) is 4.64. The van der Waals surface area contributed by atoms with Gasteiger partial charge in [-0.15, -0.1) is 0 Å². The van der Waals surface area contributed by atoms with Gasteiger partial charge >= 0.3 is 0 Å². The molecule has 0 fully saturated rings. The molecule has 0 saturated carbocycles. The van der Waals surface area contributed by atoms with E-state index in [1.54, 1.807) is 25.6 Å². The van der Waals surface area contributed by atoms with E-state index >= 15 is 0 Å². The molecule has 138 valence electrons. The number of ether oxygens (including phenoxy) is 1. The highest BCUT2D eigenvalue weighted by Crippen LogP contribution is 2.27. The summed E-state index contributed by atoms with van der Waals surface area (Å²) in [5, 5.41) is 6.14. The van der Waals surface area contributed by atoms with Gasteiger partial charge in [0.1, 0.15) is 5.75 Å². The van der Waals surface area contributed by atoms with E-state index in [2.05, 4.69) is 29.5 Å². The monoisotopic (exact) mass is 361 g/mol. The molecule has 0 aliphatic heterocycles. The first-order valence-electron chi connectivity index (χ1n) is 8.83. The second kappa shape index (κ2) is 8.36. The van der Waals surface area contributed by atoms with Gasteiger partial charge in [-0.3, -0.25) is 9.78 Å². The van der Waals surface area contributed by atoms with Crippen LogP contribution in [0.1, 0.15) is 35.7 Å². The second-order valence-electron chi connectivity index (χ2n) is 6.52. The first-order valence-corrected chi connectivity index (χ1v) is 8.83. The molecule has 1 heterocycles. The van der Waals surface area contributed by atoms with Gasteiger partial charge in [0.05, 0.1) is 30.2 Å². The summed E-state index contributed by atoms with van der Waals surface area (Å²) < 4.78 is 5.34. The fourth-order valence-corrected chi connectivity index (χ4v) is 2.69. The predicted molar refractivity (Wildman–Crippen MR) is 109 cm³/mol. The number of anilines is 3. The largest absolute Gasteiger partial charge is 0.495 e. The maximum atomic E-state index is 12.6. The Hall–Kier alpha value is -3.34. The number of carbonyl (C=O) groups is 1. The van der Waals surface area contributed by atoms with Crippen molar-refractivity contribution >= 4 is 23.0 Å². The number of nitrogens with one attached hydrogen (secondary N) is 2. The molecule has 0 aliphatic carbocycles. The van der Waals surface area contributed by atoms with Crippen molar-refractivity contribution in [2.45, 2.75) is 19.8 Å². The van der Waals surface area contributed by atoms with Crippen LogP contribution in [0.4, 0.5) is 17.1 Å². The number of rotatable bonds is 6. The Kier molecular flexibility index (Phi) is 5.71. The average Bonchev–Trinajstić information content (AvgIpc) is 2.69. The average molecular weight is 361 g/mol. The van der Waals surface area contributed by atoms with Crippen molar-refractivity contribution in [1.82, 2.24) is 4.98 Å². The van der Waals surface area contributed by atoms with Crippen LogP contribution in [0.15, 0.2) is 67.0 Å². The van der Waals surface area contributed by atoms with E-state index in [1.165, 1.54) is 5.56 Å². The summed E-state index contributed by atoms with van der Waals surface area (Å²) in [4.78, 5) is 16.7. The fourth-order valence-electron chi connectivity index (χ4n) is 2.69. The van der Waals surface area contributed by atoms with Gasteiger partial charge in [-0.1, -0.05) is 38.1 Å². The molecule has 1 aromatic heterocycles. The third-order valence-electron chi connectivity index (χ3n) is 4.22. The third-order valence-corrected chi connectivity index (χ3v) is 4.22. The zero-order valence-corrected chi connectivity index (χ0v) is 15.7. The molecule has 0 spiro atoms. The molecule has 3 rings (SSSR count). The van der Waals surface area contributed by atoms with E-state index in [-0.39, 0.29) is 5.91 Å². The highest BCUT2D eigenvalue weighted by molar-refractivity contribution is 6.04. The van der Waals surface area contributed by atoms with Gasteiger partial charge in [0, 0.05) is 11.9 Å². The van der Waals surface area contributed by atoms with Crippen LogP contribution in [0.2, 0.25) is 0 Å². The molecule has 27 heavy (non-hydrogen) atoms. The number of hydrogen-bond acceptors (Lipinski definition) is 4. The molecule has 0 unspecified atom stereocenters. The molecule has 0 bridgehead atoms. The maximum Gasteiger partial charge on any atom is 0.257 e. The Bertz CT molecular complexity index is 921. The lowest BCUT2D eigenvalue weighted by atomic mass is 10.0. The molecule has 0 aliphatic rings. The zero-order chi connectivity index (χ0) is 19.2. The smallest absolute Gasteiger partial charge is 0.257 e. The van der Waals surface area contributed by atoms with E-state index in [4.69, 9.17) is 4.74 Å². The van der Waals surface area contributed by atoms with Crippen LogP contribution in [0.5, 0.6) is 5.75 Å².